The minimum absolute atomic E-state index is 0.579. The maximum atomic E-state index is 5.04. The Labute approximate surface area is 71.2 Å². The van der Waals surface area contributed by atoms with Crippen LogP contribution in [0.5, 0.6) is 0 Å². The fraction of sp³-hybridized carbons (Fsp3) is 0.100. The highest BCUT2D eigenvalue weighted by molar-refractivity contribution is 5.09. The zero-order valence-electron chi connectivity index (χ0n) is 7.08. The highest BCUT2D eigenvalue weighted by Crippen LogP contribution is 1.83. The fourth-order valence-corrected chi connectivity index (χ4v) is 0.768. The van der Waals surface area contributed by atoms with Crippen LogP contribution >= 0.6 is 0 Å². The summed E-state index contributed by atoms with van der Waals surface area (Å²) in [4.78, 5) is 3.91. The zero-order valence-corrected chi connectivity index (χ0v) is 7.08. The van der Waals surface area contributed by atoms with Gasteiger partial charge in [0.1, 0.15) is 5.42 Å². The molecule has 62 valence electrons. The molecule has 1 rings (SSSR count). The van der Waals surface area contributed by atoms with Crippen molar-refractivity contribution < 1.29 is 4.42 Å². The van der Waals surface area contributed by atoms with E-state index in [1.54, 1.807) is 0 Å². The number of aromatic nitrogens is 1. The average Bonchev–Trinajstić information content (AvgIpc) is 2.05. The molecular weight excluding hydrogens is 150 g/mol. The summed E-state index contributed by atoms with van der Waals surface area (Å²) in [6, 6.07) is 5.57. The topological polar surface area (TPSA) is 26.0 Å². The van der Waals surface area contributed by atoms with Crippen molar-refractivity contribution in [2.75, 3.05) is 0 Å². The molecule has 12 heavy (non-hydrogen) atoms. The van der Waals surface area contributed by atoms with Crippen molar-refractivity contribution >= 4 is 13.2 Å². The second-order valence-electron chi connectivity index (χ2n) is 2.53. The lowest BCUT2D eigenvalue weighted by Gasteiger charge is -1.79. The van der Waals surface area contributed by atoms with E-state index in [2.05, 4.69) is 18.1 Å². The van der Waals surface area contributed by atoms with Gasteiger partial charge in [0.15, 0.2) is 6.39 Å². The standard InChI is InChI=1S/C10H11NO/c1-8-4-5-9(2)11-7-12-10(3)6-8/h4-7H,2-3H2,1H3. The van der Waals surface area contributed by atoms with Crippen LogP contribution in [-0.4, -0.2) is 4.98 Å². The third-order valence-electron chi connectivity index (χ3n) is 1.35. The molecule has 0 amide bonds. The lowest BCUT2D eigenvalue weighted by Crippen LogP contribution is -1.97. The Bertz CT molecular complexity index is 404. The van der Waals surface area contributed by atoms with Crippen molar-refractivity contribution in [1.82, 2.24) is 4.98 Å². The molecule has 2 heteroatoms. The van der Waals surface area contributed by atoms with Gasteiger partial charge < -0.3 is 4.42 Å². The first-order chi connectivity index (χ1) is 5.68. The van der Waals surface area contributed by atoms with E-state index in [0.717, 1.165) is 5.56 Å². The van der Waals surface area contributed by atoms with E-state index in [-0.39, 0.29) is 0 Å². The Morgan fingerprint density at radius 1 is 1.33 bits per heavy atom. The molecule has 0 saturated heterocycles. The van der Waals surface area contributed by atoms with E-state index in [1.807, 2.05) is 25.1 Å². The van der Waals surface area contributed by atoms with Gasteiger partial charge in [-0.3, -0.25) is 0 Å². The third kappa shape index (κ3) is 2.58. The first kappa shape index (κ1) is 8.53. The molecule has 0 fully saturated rings. The molecule has 0 radical (unpaired) electrons. The molecule has 1 heterocycles. The molecule has 0 unspecified atom stereocenters. The van der Waals surface area contributed by atoms with Gasteiger partial charge in [-0.1, -0.05) is 19.2 Å². The monoisotopic (exact) mass is 161 g/mol. The summed E-state index contributed by atoms with van der Waals surface area (Å²) in [5, 5.41) is 0.664. The fourth-order valence-electron chi connectivity index (χ4n) is 0.768. The van der Waals surface area contributed by atoms with Crippen molar-refractivity contribution in [3.63, 3.8) is 0 Å². The van der Waals surface area contributed by atoms with Crippen LogP contribution in [0.2, 0.25) is 0 Å². The first-order valence-electron chi connectivity index (χ1n) is 3.62. The predicted molar refractivity (Wildman–Crippen MR) is 49.2 cm³/mol. The lowest BCUT2D eigenvalue weighted by molar-refractivity contribution is 0.503. The Morgan fingerprint density at radius 2 is 2.08 bits per heavy atom. The average molecular weight is 161 g/mol. The normalized spacial score (nSPS) is 9.08. The van der Waals surface area contributed by atoms with Crippen LogP contribution in [0.4, 0.5) is 0 Å². The highest BCUT2D eigenvalue weighted by Gasteiger charge is 1.76. The van der Waals surface area contributed by atoms with Crippen molar-refractivity contribution in [2.24, 2.45) is 0 Å². The molecule has 0 aliphatic rings. The summed E-state index contributed by atoms with van der Waals surface area (Å²) < 4.78 is 5.04. The second-order valence-corrected chi connectivity index (χ2v) is 2.53. The van der Waals surface area contributed by atoms with Gasteiger partial charge in [0.25, 0.3) is 0 Å². The molecular formula is C10H11NO. The maximum absolute atomic E-state index is 5.04. The summed E-state index contributed by atoms with van der Waals surface area (Å²) in [6.07, 6.45) is 1.34. The van der Waals surface area contributed by atoms with E-state index in [0.29, 0.717) is 10.8 Å². The van der Waals surface area contributed by atoms with Crippen LogP contribution in [0.1, 0.15) is 5.56 Å². The van der Waals surface area contributed by atoms with E-state index in [1.165, 1.54) is 6.39 Å². The summed E-state index contributed by atoms with van der Waals surface area (Å²) in [6.45, 7) is 9.34. The summed E-state index contributed by atoms with van der Waals surface area (Å²) >= 11 is 0. The van der Waals surface area contributed by atoms with Crippen LogP contribution < -0.4 is 10.8 Å². The third-order valence-corrected chi connectivity index (χ3v) is 1.35. The van der Waals surface area contributed by atoms with E-state index in [4.69, 9.17) is 4.42 Å². The number of rotatable bonds is 0. The Hall–Kier alpha value is -1.57. The van der Waals surface area contributed by atoms with Gasteiger partial charge in [-0.25, -0.2) is 4.98 Å². The number of hydrogen-bond acceptors (Lipinski definition) is 2. The Balaban J connectivity index is 3.54. The van der Waals surface area contributed by atoms with Gasteiger partial charge in [-0.05, 0) is 24.6 Å². The molecule has 0 saturated carbocycles. The minimum Gasteiger partial charge on any atom is -0.446 e. The Morgan fingerprint density at radius 3 is 2.83 bits per heavy atom. The van der Waals surface area contributed by atoms with E-state index < -0.39 is 0 Å². The van der Waals surface area contributed by atoms with Gasteiger partial charge in [-0.15, -0.1) is 0 Å². The molecule has 0 bridgehead atoms. The highest BCUT2D eigenvalue weighted by atomic mass is 16.3. The molecule has 0 atom stereocenters. The number of nitrogens with zero attached hydrogens (tertiary/aromatic N) is 1. The summed E-state index contributed by atoms with van der Waals surface area (Å²) in [7, 11) is 0. The van der Waals surface area contributed by atoms with Gasteiger partial charge in [-0.2, -0.15) is 0 Å². The van der Waals surface area contributed by atoms with Gasteiger partial charge in [0.05, 0.1) is 5.35 Å². The summed E-state index contributed by atoms with van der Waals surface area (Å²) in [5.74, 6) is 0. The maximum Gasteiger partial charge on any atom is 0.181 e. The summed E-state index contributed by atoms with van der Waals surface area (Å²) in [5.41, 5.74) is 1.64. The molecule has 0 aliphatic heterocycles. The first-order valence-corrected chi connectivity index (χ1v) is 3.62. The zero-order chi connectivity index (χ0) is 8.97. The molecule has 1 aromatic heterocycles. The van der Waals surface area contributed by atoms with Gasteiger partial charge in [0, 0.05) is 0 Å². The number of hydrogen-bond donors (Lipinski definition) is 0. The minimum atomic E-state index is 0.579. The van der Waals surface area contributed by atoms with E-state index in [9.17, 15) is 0 Å². The van der Waals surface area contributed by atoms with Crippen molar-refractivity contribution in [2.45, 2.75) is 6.92 Å². The molecule has 2 nitrogen and oxygen atoms in total. The predicted octanol–water partition coefficient (Wildman–Crippen LogP) is 0.928. The molecule has 0 aliphatic carbocycles. The Kier molecular flexibility index (Phi) is 2.64. The van der Waals surface area contributed by atoms with Crippen molar-refractivity contribution in [1.29, 1.82) is 0 Å². The lowest BCUT2D eigenvalue weighted by atomic mass is 10.3. The second kappa shape index (κ2) is 3.72. The molecule has 0 N–H and O–H groups in total. The SMILES string of the molecule is C=c1ccc(C)cc(=C)ocn1. The van der Waals surface area contributed by atoms with Crippen molar-refractivity contribution in [3.8, 4) is 0 Å². The van der Waals surface area contributed by atoms with Crippen LogP contribution in [-0.2, 0) is 0 Å². The van der Waals surface area contributed by atoms with Crippen LogP contribution in [0, 0.1) is 6.92 Å². The number of aryl methyl sites for hydroxylation is 1. The van der Waals surface area contributed by atoms with Gasteiger partial charge in [0.2, 0.25) is 0 Å². The molecule has 0 aromatic carbocycles. The van der Waals surface area contributed by atoms with E-state index >= 15 is 0 Å². The smallest absolute Gasteiger partial charge is 0.181 e. The van der Waals surface area contributed by atoms with Crippen LogP contribution in [0.15, 0.2) is 29.0 Å². The van der Waals surface area contributed by atoms with Crippen molar-refractivity contribution in [3.05, 3.63) is 40.9 Å². The molecule has 0 spiro atoms. The van der Waals surface area contributed by atoms with Crippen LogP contribution in [0.3, 0.4) is 0 Å². The van der Waals surface area contributed by atoms with Crippen LogP contribution in [0.25, 0.3) is 13.2 Å². The van der Waals surface area contributed by atoms with Gasteiger partial charge >= 0.3 is 0 Å². The quantitative estimate of drug-likeness (QED) is 0.565. The largest absolute Gasteiger partial charge is 0.446 e. The molecule has 1 aromatic rings.